The standard InChI is InChI=1S/C12H21BrO2/c1-8(2)11-5-4-9(3)6-10(11)7-12(14)15-13/h8-11H,4-7H2,1-3H3. The highest BCUT2D eigenvalue weighted by atomic mass is 79.9. The fourth-order valence-corrected chi connectivity index (χ4v) is 3.01. The third-order valence-electron chi connectivity index (χ3n) is 3.67. The van der Waals surface area contributed by atoms with Crippen molar-refractivity contribution in [2.75, 3.05) is 0 Å². The van der Waals surface area contributed by atoms with E-state index in [1.807, 2.05) is 0 Å². The maximum absolute atomic E-state index is 11.3. The lowest BCUT2D eigenvalue weighted by Gasteiger charge is -2.36. The first-order valence-corrected chi connectivity index (χ1v) is 6.50. The minimum Gasteiger partial charge on any atom is -0.384 e. The lowest BCUT2D eigenvalue weighted by molar-refractivity contribution is -0.134. The Balaban J connectivity index is 2.57. The lowest BCUT2D eigenvalue weighted by Crippen LogP contribution is -2.29. The molecule has 0 aromatic rings. The van der Waals surface area contributed by atoms with Crippen molar-refractivity contribution in [2.24, 2.45) is 23.7 Å². The van der Waals surface area contributed by atoms with Gasteiger partial charge in [0.05, 0.1) is 0 Å². The molecule has 1 saturated carbocycles. The van der Waals surface area contributed by atoms with Gasteiger partial charge in [-0.1, -0.05) is 27.2 Å². The number of hydrogen-bond acceptors (Lipinski definition) is 2. The molecular formula is C12H21BrO2. The van der Waals surface area contributed by atoms with Crippen LogP contribution in [0, 0.1) is 23.7 Å². The van der Waals surface area contributed by atoms with E-state index in [0.29, 0.717) is 24.2 Å². The number of halogens is 1. The summed E-state index contributed by atoms with van der Waals surface area (Å²) in [5, 5.41) is 0. The molecule has 3 unspecified atom stereocenters. The Morgan fingerprint density at radius 1 is 1.47 bits per heavy atom. The maximum Gasteiger partial charge on any atom is 0.317 e. The Morgan fingerprint density at radius 3 is 2.67 bits per heavy atom. The molecule has 0 heterocycles. The minimum absolute atomic E-state index is 0.125. The van der Waals surface area contributed by atoms with E-state index < -0.39 is 0 Å². The van der Waals surface area contributed by atoms with Gasteiger partial charge in [-0.3, -0.25) is 4.79 Å². The minimum atomic E-state index is -0.125. The van der Waals surface area contributed by atoms with Gasteiger partial charge in [-0.25, -0.2) is 0 Å². The van der Waals surface area contributed by atoms with Crippen molar-refractivity contribution in [1.29, 1.82) is 0 Å². The molecule has 0 aromatic carbocycles. The molecule has 0 spiro atoms. The monoisotopic (exact) mass is 276 g/mol. The van der Waals surface area contributed by atoms with Gasteiger partial charge >= 0.3 is 5.97 Å². The van der Waals surface area contributed by atoms with Gasteiger partial charge < -0.3 is 3.83 Å². The largest absolute Gasteiger partial charge is 0.384 e. The molecule has 1 aliphatic carbocycles. The summed E-state index contributed by atoms with van der Waals surface area (Å²) in [6.45, 7) is 6.79. The average molecular weight is 277 g/mol. The van der Waals surface area contributed by atoms with E-state index in [1.165, 1.54) is 19.3 Å². The molecule has 3 heteroatoms. The van der Waals surface area contributed by atoms with Crippen LogP contribution in [0.4, 0.5) is 0 Å². The molecule has 3 atom stereocenters. The van der Waals surface area contributed by atoms with Gasteiger partial charge in [0.15, 0.2) is 16.3 Å². The van der Waals surface area contributed by atoms with Crippen molar-refractivity contribution >= 4 is 22.2 Å². The summed E-state index contributed by atoms with van der Waals surface area (Å²) in [6, 6.07) is 0. The summed E-state index contributed by atoms with van der Waals surface area (Å²) in [7, 11) is 0. The Morgan fingerprint density at radius 2 is 2.13 bits per heavy atom. The third-order valence-corrected chi connectivity index (χ3v) is 4.04. The molecule has 88 valence electrons. The van der Waals surface area contributed by atoms with Crippen LogP contribution in [0.2, 0.25) is 0 Å². The fraction of sp³-hybridized carbons (Fsp3) is 0.917. The molecule has 15 heavy (non-hydrogen) atoms. The third kappa shape index (κ3) is 3.78. The van der Waals surface area contributed by atoms with Crippen molar-refractivity contribution in [2.45, 2.75) is 46.5 Å². The van der Waals surface area contributed by atoms with Crippen molar-refractivity contribution in [3.63, 3.8) is 0 Å². The summed E-state index contributed by atoms with van der Waals surface area (Å²) in [5.41, 5.74) is 0. The van der Waals surface area contributed by atoms with Crippen LogP contribution in [-0.2, 0) is 8.62 Å². The van der Waals surface area contributed by atoms with Gasteiger partial charge in [-0.15, -0.1) is 0 Å². The van der Waals surface area contributed by atoms with Crippen LogP contribution >= 0.6 is 16.3 Å². The highest BCUT2D eigenvalue weighted by molar-refractivity contribution is 9.06. The number of rotatable bonds is 3. The first-order chi connectivity index (χ1) is 7.04. The van der Waals surface area contributed by atoms with Gasteiger partial charge in [-0.2, -0.15) is 0 Å². The molecule has 0 radical (unpaired) electrons. The van der Waals surface area contributed by atoms with Crippen LogP contribution in [0.1, 0.15) is 46.5 Å². The van der Waals surface area contributed by atoms with Gasteiger partial charge in [-0.05, 0) is 36.5 Å². The molecule has 1 rings (SSSR count). The highest BCUT2D eigenvalue weighted by Gasteiger charge is 2.32. The summed E-state index contributed by atoms with van der Waals surface area (Å²) in [4.78, 5) is 11.3. The number of carbonyl (C=O) groups excluding carboxylic acids is 1. The van der Waals surface area contributed by atoms with Crippen LogP contribution in [0.25, 0.3) is 0 Å². The number of hydrogen-bond donors (Lipinski definition) is 0. The van der Waals surface area contributed by atoms with Gasteiger partial charge in [0.2, 0.25) is 0 Å². The molecule has 0 amide bonds. The molecule has 0 aliphatic heterocycles. The zero-order valence-corrected chi connectivity index (χ0v) is 11.4. The van der Waals surface area contributed by atoms with E-state index in [0.717, 1.165) is 5.92 Å². The highest BCUT2D eigenvalue weighted by Crippen LogP contribution is 2.39. The van der Waals surface area contributed by atoms with Crippen LogP contribution in [0.3, 0.4) is 0 Å². The van der Waals surface area contributed by atoms with Crippen LogP contribution in [0.5, 0.6) is 0 Å². The predicted molar refractivity (Wildman–Crippen MR) is 64.5 cm³/mol. The van der Waals surface area contributed by atoms with Crippen molar-refractivity contribution < 1.29 is 8.62 Å². The van der Waals surface area contributed by atoms with Crippen LogP contribution in [0.15, 0.2) is 0 Å². The first kappa shape index (κ1) is 13.0. The van der Waals surface area contributed by atoms with Crippen LogP contribution in [-0.4, -0.2) is 5.97 Å². The smallest absolute Gasteiger partial charge is 0.317 e. The molecule has 2 nitrogen and oxygen atoms in total. The molecule has 0 N–H and O–H groups in total. The summed E-state index contributed by atoms with van der Waals surface area (Å²) < 4.78 is 4.59. The van der Waals surface area contributed by atoms with Gasteiger partial charge in [0, 0.05) is 6.42 Å². The SMILES string of the molecule is CC1CCC(C(C)C)C(CC(=O)OBr)C1. The van der Waals surface area contributed by atoms with Gasteiger partial charge in [0.25, 0.3) is 0 Å². The van der Waals surface area contributed by atoms with E-state index in [2.05, 4.69) is 40.9 Å². The quantitative estimate of drug-likeness (QED) is 0.781. The molecule has 0 saturated heterocycles. The normalized spacial score (nSPS) is 31.7. The molecule has 0 bridgehead atoms. The molecule has 0 aromatic heterocycles. The topological polar surface area (TPSA) is 26.3 Å². The molecule has 1 fully saturated rings. The van der Waals surface area contributed by atoms with E-state index in [9.17, 15) is 4.79 Å². The van der Waals surface area contributed by atoms with Crippen molar-refractivity contribution in [3.05, 3.63) is 0 Å². The summed E-state index contributed by atoms with van der Waals surface area (Å²) in [6.07, 6.45) is 4.31. The second kappa shape index (κ2) is 5.88. The zero-order chi connectivity index (χ0) is 11.4. The maximum atomic E-state index is 11.3. The summed E-state index contributed by atoms with van der Waals surface area (Å²) >= 11 is 2.76. The zero-order valence-electron chi connectivity index (χ0n) is 9.83. The Hall–Kier alpha value is -0.0500. The average Bonchev–Trinajstić information content (AvgIpc) is 2.17. The Labute approximate surface area is 101 Å². The van der Waals surface area contributed by atoms with E-state index in [-0.39, 0.29) is 5.97 Å². The van der Waals surface area contributed by atoms with Crippen LogP contribution < -0.4 is 0 Å². The first-order valence-electron chi connectivity index (χ1n) is 5.86. The lowest BCUT2D eigenvalue weighted by atomic mass is 9.69. The van der Waals surface area contributed by atoms with E-state index >= 15 is 0 Å². The van der Waals surface area contributed by atoms with Crippen molar-refractivity contribution in [1.82, 2.24) is 0 Å². The predicted octanol–water partition coefficient (Wildman–Crippen LogP) is 3.94. The van der Waals surface area contributed by atoms with Crippen molar-refractivity contribution in [3.8, 4) is 0 Å². The molecule has 1 aliphatic rings. The fourth-order valence-electron chi connectivity index (χ4n) is 2.88. The molecular weight excluding hydrogens is 256 g/mol. The Kier molecular flexibility index (Phi) is 5.10. The van der Waals surface area contributed by atoms with Gasteiger partial charge in [0.1, 0.15) is 0 Å². The van der Waals surface area contributed by atoms with E-state index in [1.54, 1.807) is 0 Å². The second-order valence-electron chi connectivity index (χ2n) is 5.24. The number of carbonyl (C=O) groups is 1. The summed E-state index contributed by atoms with van der Waals surface area (Å²) in [5.74, 6) is 2.50. The Bertz CT molecular complexity index is 216. The van der Waals surface area contributed by atoms with E-state index in [4.69, 9.17) is 0 Å². The second-order valence-corrected chi connectivity index (χ2v) is 5.56.